The number of phenolic OH excluding ortho intramolecular Hbond substituents is 8. The first-order valence-electron chi connectivity index (χ1n) is 38.9. The molecule has 0 spiro atoms. The molecule has 15 rings (SSSR count). The van der Waals surface area contributed by atoms with Crippen molar-refractivity contribution in [1.29, 1.82) is 0 Å². The first-order valence-corrected chi connectivity index (χ1v) is 38.9. The standard InChI is InChI=1S/C100H94O12/c1-97(2,75-57-63-99(64-58-75,78-21-41-88(106)42-22-78)79-23-43-89(107)44-24-79)76-59-65-100(66-60-76,80-25-45-90(108)46-26-80)82-29-53-94(54-30-82)112-110-92-49-17-74(18-50-92)96(70-9-7-69(8-10-70)95(71-11-35-85(103)36-12-71)72-13-37-86(104)38-14-72)73-15-47-91(48-16-73)109-111-93-51-27-81(28-52-93)98(77-19-39-87(105)40-20-77,61-55-67-3-31-83(101)32-4-67)62-56-68-5-33-84(102)34-6-68/h3-54,75-76,95-96,101-108H,55-66H2,1-2H3. The van der Waals surface area contributed by atoms with Crippen molar-refractivity contribution in [2.75, 3.05) is 0 Å². The van der Waals surface area contributed by atoms with Gasteiger partial charge < -0.3 is 40.9 Å². The number of phenols is 8. The third kappa shape index (κ3) is 16.4. The Labute approximate surface area is 655 Å². The second-order valence-corrected chi connectivity index (χ2v) is 31.4. The van der Waals surface area contributed by atoms with Gasteiger partial charge in [0.15, 0.2) is 23.0 Å². The number of aryl methyl sites for hydroxylation is 2. The highest BCUT2D eigenvalue weighted by molar-refractivity contribution is 5.53. The van der Waals surface area contributed by atoms with E-state index in [9.17, 15) is 40.9 Å². The van der Waals surface area contributed by atoms with E-state index in [4.69, 9.17) is 19.6 Å². The zero-order valence-corrected chi connectivity index (χ0v) is 63.0. The van der Waals surface area contributed by atoms with Crippen LogP contribution in [-0.2, 0) is 29.1 Å². The molecule has 0 aromatic heterocycles. The largest absolute Gasteiger partial charge is 0.508 e. The fourth-order valence-corrected chi connectivity index (χ4v) is 18.2. The fraction of sp³-hybridized carbons (Fsp3) is 0.220. The van der Waals surface area contributed by atoms with Crippen LogP contribution in [-0.4, -0.2) is 40.9 Å². The average Bonchev–Trinajstić information content (AvgIpc) is 0.753. The van der Waals surface area contributed by atoms with E-state index in [0.717, 1.165) is 107 Å². The Balaban J connectivity index is 0.654. The van der Waals surface area contributed by atoms with Crippen LogP contribution in [0.2, 0.25) is 0 Å². The molecule has 13 aromatic carbocycles. The summed E-state index contributed by atoms with van der Waals surface area (Å²) in [5.74, 6) is 4.32. The number of hydrogen-bond acceptors (Lipinski definition) is 12. The summed E-state index contributed by atoms with van der Waals surface area (Å²) in [5.41, 5.74) is 14.1. The van der Waals surface area contributed by atoms with Gasteiger partial charge in [-0.1, -0.05) is 184 Å². The minimum Gasteiger partial charge on any atom is -0.508 e. The summed E-state index contributed by atoms with van der Waals surface area (Å²) in [5, 5.41) is 82.4. The summed E-state index contributed by atoms with van der Waals surface area (Å²) < 4.78 is 0. The Morgan fingerprint density at radius 3 is 0.741 bits per heavy atom. The van der Waals surface area contributed by atoms with Gasteiger partial charge in [-0.2, -0.15) is 0 Å². The van der Waals surface area contributed by atoms with E-state index in [0.29, 0.717) is 60.5 Å². The molecule has 0 bridgehead atoms. The van der Waals surface area contributed by atoms with Crippen molar-refractivity contribution < 1.29 is 60.4 Å². The quantitative estimate of drug-likeness (QED) is 0.0145. The van der Waals surface area contributed by atoms with E-state index in [1.54, 1.807) is 97.1 Å². The number of aromatic hydroxyl groups is 8. The molecule has 112 heavy (non-hydrogen) atoms. The van der Waals surface area contributed by atoms with Crippen LogP contribution in [0.4, 0.5) is 0 Å². The van der Waals surface area contributed by atoms with Gasteiger partial charge in [-0.25, -0.2) is 0 Å². The Kier molecular flexibility index (Phi) is 21.8. The van der Waals surface area contributed by atoms with Gasteiger partial charge in [-0.3, -0.25) is 19.6 Å². The molecular weight excluding hydrogens is 1390 g/mol. The van der Waals surface area contributed by atoms with Crippen molar-refractivity contribution in [3.05, 3.63) is 393 Å². The Morgan fingerprint density at radius 2 is 0.464 bits per heavy atom. The highest BCUT2D eigenvalue weighted by Gasteiger charge is 2.48. The summed E-state index contributed by atoms with van der Waals surface area (Å²) in [6.45, 7) is 4.99. The van der Waals surface area contributed by atoms with Gasteiger partial charge in [0.2, 0.25) is 0 Å². The molecule has 12 nitrogen and oxygen atoms in total. The van der Waals surface area contributed by atoms with Gasteiger partial charge in [-0.05, 0) is 318 Å². The Bertz CT molecular complexity index is 5070. The molecule has 12 heteroatoms. The zero-order valence-electron chi connectivity index (χ0n) is 63.0. The Hall–Kier alpha value is -12.5. The second kappa shape index (κ2) is 32.6. The zero-order chi connectivity index (χ0) is 77.4. The summed E-state index contributed by atoms with van der Waals surface area (Å²) in [6.07, 6.45) is 10.9. The Morgan fingerprint density at radius 1 is 0.268 bits per heavy atom. The first kappa shape index (κ1) is 74.9. The lowest BCUT2D eigenvalue weighted by Crippen LogP contribution is -2.43. The van der Waals surface area contributed by atoms with Gasteiger partial charge in [0.1, 0.15) is 46.0 Å². The molecule has 1 unspecified atom stereocenters. The number of benzene rings is 13. The maximum atomic E-state index is 10.5. The van der Waals surface area contributed by atoms with Crippen molar-refractivity contribution in [2.24, 2.45) is 17.3 Å². The van der Waals surface area contributed by atoms with Gasteiger partial charge in [0.05, 0.1) is 0 Å². The van der Waals surface area contributed by atoms with Crippen LogP contribution in [0.5, 0.6) is 69.0 Å². The first-order chi connectivity index (χ1) is 54.4. The van der Waals surface area contributed by atoms with Gasteiger partial charge in [0.25, 0.3) is 0 Å². The molecule has 0 radical (unpaired) electrons. The van der Waals surface area contributed by atoms with E-state index in [1.165, 1.54) is 22.3 Å². The smallest absolute Gasteiger partial charge is 0.178 e. The lowest BCUT2D eigenvalue weighted by atomic mass is 9.53. The van der Waals surface area contributed by atoms with Crippen molar-refractivity contribution in [3.63, 3.8) is 0 Å². The fourth-order valence-electron chi connectivity index (χ4n) is 18.2. The van der Waals surface area contributed by atoms with E-state index in [-0.39, 0.29) is 74.1 Å². The summed E-state index contributed by atoms with van der Waals surface area (Å²) >= 11 is 0. The van der Waals surface area contributed by atoms with Crippen molar-refractivity contribution >= 4 is 0 Å². The predicted molar refractivity (Wildman–Crippen MR) is 438 cm³/mol. The third-order valence-electron chi connectivity index (χ3n) is 24.8. The minimum absolute atomic E-state index is 0.0783. The van der Waals surface area contributed by atoms with Crippen LogP contribution in [0.1, 0.15) is 168 Å². The molecule has 1 atom stereocenters. The van der Waals surface area contributed by atoms with E-state index in [1.807, 2.05) is 121 Å². The molecule has 2 fully saturated rings. The molecule has 2 saturated carbocycles. The van der Waals surface area contributed by atoms with Crippen molar-refractivity contribution in [1.82, 2.24) is 0 Å². The highest BCUT2D eigenvalue weighted by Crippen LogP contribution is 2.58. The van der Waals surface area contributed by atoms with E-state index in [2.05, 4.69) is 111 Å². The highest BCUT2D eigenvalue weighted by atomic mass is 17.2. The summed E-state index contributed by atoms with van der Waals surface area (Å²) in [4.78, 5) is 24.4. The van der Waals surface area contributed by atoms with Gasteiger partial charge in [0, 0.05) is 28.1 Å². The van der Waals surface area contributed by atoms with Crippen molar-refractivity contribution in [3.8, 4) is 69.0 Å². The molecule has 13 aromatic rings. The van der Waals surface area contributed by atoms with Crippen LogP contribution in [0.25, 0.3) is 0 Å². The van der Waals surface area contributed by atoms with Gasteiger partial charge >= 0.3 is 0 Å². The predicted octanol–water partition coefficient (Wildman–Crippen LogP) is 22.7. The normalized spacial score (nSPS) is 16.1. The van der Waals surface area contributed by atoms with Gasteiger partial charge in [-0.15, -0.1) is 0 Å². The van der Waals surface area contributed by atoms with Crippen LogP contribution in [0.15, 0.2) is 315 Å². The monoisotopic (exact) mass is 1490 g/mol. The summed E-state index contributed by atoms with van der Waals surface area (Å²) in [6, 6.07) is 100. The van der Waals surface area contributed by atoms with Crippen LogP contribution >= 0.6 is 0 Å². The number of hydrogen-bond donors (Lipinski definition) is 8. The molecule has 8 N–H and O–H groups in total. The van der Waals surface area contributed by atoms with Crippen LogP contribution in [0.3, 0.4) is 0 Å². The topological polar surface area (TPSA) is 199 Å². The average molecular weight is 1490 g/mol. The van der Waals surface area contributed by atoms with E-state index >= 15 is 0 Å². The van der Waals surface area contributed by atoms with Crippen LogP contribution < -0.4 is 19.6 Å². The third-order valence-corrected chi connectivity index (χ3v) is 24.8. The maximum absolute atomic E-state index is 10.5. The lowest BCUT2D eigenvalue weighted by molar-refractivity contribution is -0.1000. The summed E-state index contributed by atoms with van der Waals surface area (Å²) in [7, 11) is 0. The molecule has 0 aliphatic heterocycles. The molecule has 2 aliphatic rings. The molecule has 566 valence electrons. The number of rotatable bonds is 26. The van der Waals surface area contributed by atoms with Crippen molar-refractivity contribution in [2.45, 2.75) is 119 Å². The second-order valence-electron chi connectivity index (χ2n) is 31.4. The lowest BCUT2D eigenvalue weighted by Gasteiger charge is -2.51. The minimum atomic E-state index is -0.530. The molecular formula is C100H94O12. The maximum Gasteiger partial charge on any atom is 0.178 e. The molecule has 0 saturated heterocycles. The van der Waals surface area contributed by atoms with Crippen LogP contribution in [0, 0.1) is 17.3 Å². The SMILES string of the molecule is CC(C)(C1CCC(c2ccc(O)cc2)(c2ccc(O)cc2)CC1)C1CCC(c2ccc(O)cc2)(c2ccc(OOc3ccc(C(c4ccc(OOc5ccc(C(CCc6ccc(O)cc6)(CCc6ccc(O)cc6)c6ccc(O)cc6)cc5)cc4)c4ccc(C(c5ccc(O)cc5)c5ccc(O)cc5)cc4)cc3)cc2)CC1. The molecule has 2 aliphatic carbocycles. The van der Waals surface area contributed by atoms with E-state index < -0.39 is 5.41 Å². The molecule has 0 heterocycles. The molecule has 0 amide bonds.